The lowest BCUT2D eigenvalue weighted by Crippen LogP contribution is -2.33. The van der Waals surface area contributed by atoms with Gasteiger partial charge in [-0.2, -0.15) is 5.10 Å². The van der Waals surface area contributed by atoms with Crippen LogP contribution in [0.15, 0.2) is 36.8 Å². The van der Waals surface area contributed by atoms with Crippen molar-refractivity contribution in [1.29, 1.82) is 0 Å². The Morgan fingerprint density at radius 2 is 1.88 bits per heavy atom. The van der Waals surface area contributed by atoms with E-state index in [1.807, 2.05) is 6.92 Å². The molecule has 5 aromatic rings. The van der Waals surface area contributed by atoms with Crippen LogP contribution in [0.3, 0.4) is 0 Å². The Morgan fingerprint density at radius 3 is 2.59 bits per heavy atom. The molecule has 176 valence electrons. The highest BCUT2D eigenvalue weighted by molar-refractivity contribution is 7.93. The monoisotopic (exact) mass is 484 g/mol. The smallest absolute Gasteiger partial charge is 0.243 e. The summed E-state index contributed by atoms with van der Waals surface area (Å²) in [6, 6.07) is 4.61. The number of nitrogens with one attached hydrogen (secondary N) is 1. The third kappa shape index (κ3) is 3.44. The fourth-order valence-corrected chi connectivity index (χ4v) is 5.10. The standard InChI is InChI=1S/C21H21FN8O3S/c1-11-8-23-19(24-9-11)18(33-4)12(2)34(31,32)28-21-26-25-20-16-14(10-29(3)27-16)13-6-5-7-15(22)17(13)30(20)21/h5-10,12,18H,1-4H3,(H,26,28)/t12-,18-/m0/s1. The van der Waals surface area contributed by atoms with E-state index in [0.717, 1.165) is 5.56 Å². The normalized spacial score (nSPS) is 14.1. The molecule has 1 aromatic carbocycles. The number of methoxy groups -OCH3 is 1. The zero-order valence-corrected chi connectivity index (χ0v) is 19.6. The highest BCUT2D eigenvalue weighted by Crippen LogP contribution is 2.32. The van der Waals surface area contributed by atoms with Crippen LogP contribution in [0.25, 0.3) is 27.5 Å². The summed E-state index contributed by atoms with van der Waals surface area (Å²) >= 11 is 0. The van der Waals surface area contributed by atoms with Gasteiger partial charge in [-0.05, 0) is 25.5 Å². The number of hydrogen-bond donors (Lipinski definition) is 1. The highest BCUT2D eigenvalue weighted by atomic mass is 32.2. The molecule has 0 spiro atoms. The van der Waals surface area contributed by atoms with Crippen LogP contribution in [-0.2, 0) is 21.8 Å². The first-order valence-corrected chi connectivity index (χ1v) is 11.9. The maximum absolute atomic E-state index is 15.0. The summed E-state index contributed by atoms with van der Waals surface area (Å²) in [5.41, 5.74) is 1.66. The molecule has 0 unspecified atom stereocenters. The fourth-order valence-electron chi connectivity index (χ4n) is 3.97. The van der Waals surface area contributed by atoms with Gasteiger partial charge in [-0.25, -0.2) is 22.8 Å². The lowest BCUT2D eigenvalue weighted by molar-refractivity contribution is 0.0949. The van der Waals surface area contributed by atoms with Gasteiger partial charge in [0, 0.05) is 43.5 Å². The van der Waals surface area contributed by atoms with E-state index in [0.29, 0.717) is 16.3 Å². The van der Waals surface area contributed by atoms with Gasteiger partial charge < -0.3 is 4.74 Å². The minimum atomic E-state index is -4.10. The zero-order valence-electron chi connectivity index (χ0n) is 18.8. The number of benzene rings is 1. The number of rotatable bonds is 6. The number of hydrogen-bond acceptors (Lipinski definition) is 8. The van der Waals surface area contributed by atoms with E-state index in [2.05, 4.69) is 30.0 Å². The van der Waals surface area contributed by atoms with Crippen LogP contribution in [0.1, 0.15) is 24.4 Å². The number of sulfonamides is 1. The van der Waals surface area contributed by atoms with Crippen molar-refractivity contribution in [2.45, 2.75) is 25.2 Å². The van der Waals surface area contributed by atoms with E-state index in [-0.39, 0.29) is 22.9 Å². The summed E-state index contributed by atoms with van der Waals surface area (Å²) < 4.78 is 52.5. The van der Waals surface area contributed by atoms with Crippen LogP contribution >= 0.6 is 0 Å². The first-order chi connectivity index (χ1) is 16.2. The third-order valence-electron chi connectivity index (χ3n) is 5.66. The summed E-state index contributed by atoms with van der Waals surface area (Å²) in [4.78, 5) is 8.40. The molecule has 11 nitrogen and oxygen atoms in total. The van der Waals surface area contributed by atoms with Gasteiger partial charge in [-0.15, -0.1) is 10.2 Å². The second kappa shape index (κ2) is 7.95. The van der Waals surface area contributed by atoms with E-state index in [1.54, 1.807) is 42.5 Å². The maximum Gasteiger partial charge on any atom is 0.243 e. The molecule has 0 amide bonds. The Labute approximate surface area is 193 Å². The average Bonchev–Trinajstić information content (AvgIpc) is 3.38. The average molecular weight is 485 g/mol. The Hall–Kier alpha value is -3.71. The predicted molar refractivity (Wildman–Crippen MR) is 123 cm³/mol. The van der Waals surface area contributed by atoms with Crippen LogP contribution in [0.2, 0.25) is 0 Å². The number of ether oxygens (including phenoxy) is 1. The third-order valence-corrected chi connectivity index (χ3v) is 7.36. The van der Waals surface area contributed by atoms with Crippen molar-refractivity contribution in [3.63, 3.8) is 0 Å². The van der Waals surface area contributed by atoms with Gasteiger partial charge in [-0.1, -0.05) is 12.1 Å². The molecule has 1 N–H and O–H groups in total. The number of aromatic nitrogens is 7. The van der Waals surface area contributed by atoms with Crippen LogP contribution in [0.5, 0.6) is 0 Å². The lowest BCUT2D eigenvalue weighted by Gasteiger charge is -2.21. The summed E-state index contributed by atoms with van der Waals surface area (Å²) in [5.74, 6) is -0.489. The summed E-state index contributed by atoms with van der Waals surface area (Å²) in [5, 5.41) is 12.7. The first kappa shape index (κ1) is 22.1. The molecule has 13 heteroatoms. The molecule has 0 aliphatic rings. The van der Waals surface area contributed by atoms with Crippen molar-refractivity contribution in [2.75, 3.05) is 11.8 Å². The van der Waals surface area contributed by atoms with Crippen molar-refractivity contribution >= 4 is 43.4 Å². The second-order valence-electron chi connectivity index (χ2n) is 8.01. The molecule has 0 saturated heterocycles. The van der Waals surface area contributed by atoms with E-state index in [4.69, 9.17) is 4.74 Å². The van der Waals surface area contributed by atoms with Crippen molar-refractivity contribution < 1.29 is 17.5 Å². The lowest BCUT2D eigenvalue weighted by atomic mass is 10.1. The van der Waals surface area contributed by atoms with Crippen molar-refractivity contribution in [3.8, 4) is 0 Å². The molecule has 4 heterocycles. The van der Waals surface area contributed by atoms with E-state index in [1.165, 1.54) is 24.5 Å². The Kier molecular flexibility index (Phi) is 5.17. The number of aryl methyl sites for hydroxylation is 2. The summed E-state index contributed by atoms with van der Waals surface area (Å²) in [7, 11) is -0.981. The molecule has 2 atom stereocenters. The van der Waals surface area contributed by atoms with Gasteiger partial charge in [-0.3, -0.25) is 13.8 Å². The summed E-state index contributed by atoms with van der Waals surface area (Å²) in [6.07, 6.45) is 3.97. The Bertz CT molecular complexity index is 1650. The van der Waals surface area contributed by atoms with Crippen LogP contribution in [0.4, 0.5) is 10.3 Å². The molecule has 4 aromatic heterocycles. The van der Waals surface area contributed by atoms with E-state index in [9.17, 15) is 8.42 Å². The largest absolute Gasteiger partial charge is 0.372 e. The van der Waals surface area contributed by atoms with E-state index >= 15 is 4.39 Å². The number of halogens is 1. The topological polar surface area (TPSA) is 129 Å². The fraction of sp³-hybridized carbons (Fsp3) is 0.286. The molecular weight excluding hydrogens is 463 g/mol. The number of nitrogens with zero attached hydrogens (tertiary/aromatic N) is 7. The Balaban J connectivity index is 1.64. The molecule has 0 aliphatic carbocycles. The molecular formula is C21H21FN8O3S. The SMILES string of the molecule is CO[C@H](c1ncc(C)cn1)[C@H](C)S(=O)(=O)Nc1nnc2c3nn(C)cc3c3cccc(F)c3n12. The summed E-state index contributed by atoms with van der Waals surface area (Å²) in [6.45, 7) is 3.30. The molecule has 0 bridgehead atoms. The van der Waals surface area contributed by atoms with Gasteiger partial charge in [0.2, 0.25) is 16.0 Å². The zero-order chi connectivity index (χ0) is 24.2. The van der Waals surface area contributed by atoms with Gasteiger partial charge in [0.1, 0.15) is 22.7 Å². The molecule has 0 saturated carbocycles. The minimum absolute atomic E-state index is 0.138. The number of fused-ring (bicyclic) bond motifs is 6. The van der Waals surface area contributed by atoms with Gasteiger partial charge in [0.15, 0.2) is 11.5 Å². The first-order valence-electron chi connectivity index (χ1n) is 10.3. The van der Waals surface area contributed by atoms with Crippen molar-refractivity contribution in [1.82, 2.24) is 34.3 Å². The highest BCUT2D eigenvalue weighted by Gasteiger charge is 2.34. The Morgan fingerprint density at radius 1 is 1.15 bits per heavy atom. The maximum atomic E-state index is 15.0. The van der Waals surface area contributed by atoms with Crippen LogP contribution in [-0.4, -0.2) is 55.1 Å². The van der Waals surface area contributed by atoms with Crippen molar-refractivity contribution in [2.24, 2.45) is 7.05 Å². The predicted octanol–water partition coefficient (Wildman–Crippen LogP) is 2.52. The van der Waals surface area contributed by atoms with Gasteiger partial charge >= 0.3 is 0 Å². The molecule has 0 radical (unpaired) electrons. The molecule has 0 fully saturated rings. The quantitative estimate of drug-likeness (QED) is 0.389. The van der Waals surface area contributed by atoms with Crippen LogP contribution < -0.4 is 4.72 Å². The van der Waals surface area contributed by atoms with Crippen LogP contribution in [0, 0.1) is 12.7 Å². The van der Waals surface area contributed by atoms with Crippen molar-refractivity contribution in [3.05, 3.63) is 54.0 Å². The second-order valence-corrected chi connectivity index (χ2v) is 10.0. The van der Waals surface area contributed by atoms with Gasteiger partial charge in [0.25, 0.3) is 0 Å². The number of anilines is 1. The molecule has 0 aliphatic heterocycles. The minimum Gasteiger partial charge on any atom is -0.372 e. The van der Waals surface area contributed by atoms with Gasteiger partial charge in [0.05, 0.1) is 5.52 Å². The number of para-hydroxylation sites is 1. The van der Waals surface area contributed by atoms with E-state index < -0.39 is 27.2 Å². The molecule has 34 heavy (non-hydrogen) atoms. The molecule has 5 rings (SSSR count). The number of pyridine rings is 1.